The monoisotopic (exact) mass is 379 g/mol. The molecule has 5 nitrogen and oxygen atoms in total. The summed E-state index contributed by atoms with van der Waals surface area (Å²) in [5.41, 5.74) is 0.267. The van der Waals surface area contributed by atoms with Crippen LogP contribution in [0.5, 0.6) is 0 Å². The lowest BCUT2D eigenvalue weighted by molar-refractivity contribution is -0.137. The van der Waals surface area contributed by atoms with Gasteiger partial charge >= 0.3 is 6.18 Å². The van der Waals surface area contributed by atoms with Crippen molar-refractivity contribution in [2.75, 3.05) is 24.5 Å². The van der Waals surface area contributed by atoms with Gasteiger partial charge in [0.1, 0.15) is 0 Å². The number of nitrogens with zero attached hydrogens (tertiary/aromatic N) is 1. The second-order valence-corrected chi connectivity index (χ2v) is 6.63. The van der Waals surface area contributed by atoms with E-state index < -0.39 is 11.7 Å². The van der Waals surface area contributed by atoms with Gasteiger partial charge in [0.25, 0.3) is 5.91 Å². The van der Waals surface area contributed by atoms with Gasteiger partial charge in [0.15, 0.2) is 0 Å². The zero-order valence-corrected chi connectivity index (χ0v) is 14.6. The number of H-pyrrole nitrogens is 1. The fourth-order valence-corrected chi connectivity index (χ4v) is 3.15. The molecule has 1 saturated heterocycles. The number of hydrogen-bond acceptors (Lipinski definition) is 3. The highest BCUT2D eigenvalue weighted by molar-refractivity contribution is 5.93. The zero-order valence-electron chi connectivity index (χ0n) is 14.6. The number of anilines is 1. The average Bonchev–Trinajstić information content (AvgIpc) is 2.66. The molecule has 0 atom stereocenters. The summed E-state index contributed by atoms with van der Waals surface area (Å²) in [6, 6.07) is 7.98. The molecule has 27 heavy (non-hydrogen) atoms. The molecule has 8 heteroatoms. The number of pyridine rings is 1. The first-order chi connectivity index (χ1) is 12.8. The molecular formula is C19H20F3N3O2. The summed E-state index contributed by atoms with van der Waals surface area (Å²) in [6.07, 6.45) is -1.26. The number of halogens is 3. The van der Waals surface area contributed by atoms with E-state index in [1.807, 2.05) is 0 Å². The van der Waals surface area contributed by atoms with E-state index in [-0.39, 0.29) is 11.5 Å². The number of piperidine rings is 1. The molecule has 1 fully saturated rings. The Bertz CT molecular complexity index is 818. The van der Waals surface area contributed by atoms with Crippen LogP contribution in [0.2, 0.25) is 0 Å². The molecule has 1 aliphatic rings. The summed E-state index contributed by atoms with van der Waals surface area (Å²) in [7, 11) is 0. The first-order valence-electron chi connectivity index (χ1n) is 8.72. The zero-order chi connectivity index (χ0) is 19.4. The molecule has 3 rings (SSSR count). The number of aromatic nitrogens is 1. The van der Waals surface area contributed by atoms with Gasteiger partial charge in [-0.05, 0) is 49.1 Å². The molecule has 2 N–H and O–H groups in total. The Hall–Kier alpha value is -2.77. The Kier molecular flexibility index (Phi) is 5.53. The van der Waals surface area contributed by atoms with E-state index in [0.717, 1.165) is 43.8 Å². The van der Waals surface area contributed by atoms with Crippen LogP contribution in [0, 0.1) is 5.92 Å². The summed E-state index contributed by atoms with van der Waals surface area (Å²) in [5.74, 6) is 0.0684. The summed E-state index contributed by atoms with van der Waals surface area (Å²) < 4.78 is 37.9. The highest BCUT2D eigenvalue weighted by atomic mass is 19.4. The summed E-state index contributed by atoms with van der Waals surface area (Å²) in [4.78, 5) is 27.6. The lowest BCUT2D eigenvalue weighted by Crippen LogP contribution is -2.38. The van der Waals surface area contributed by atoms with Crippen LogP contribution in [0.15, 0.2) is 47.4 Å². The Morgan fingerprint density at radius 3 is 2.33 bits per heavy atom. The average molecular weight is 379 g/mol. The number of carbonyl (C=O) groups excluding carboxylic acids is 1. The molecular weight excluding hydrogens is 359 g/mol. The normalized spacial score (nSPS) is 15.6. The maximum atomic E-state index is 12.6. The first-order valence-corrected chi connectivity index (χ1v) is 8.72. The molecule has 1 aliphatic heterocycles. The lowest BCUT2D eigenvalue weighted by Gasteiger charge is -2.33. The topological polar surface area (TPSA) is 65.2 Å². The first kappa shape index (κ1) is 19.0. The van der Waals surface area contributed by atoms with E-state index in [9.17, 15) is 22.8 Å². The van der Waals surface area contributed by atoms with Crippen molar-refractivity contribution < 1.29 is 18.0 Å². The number of aromatic amines is 1. The maximum Gasteiger partial charge on any atom is 0.416 e. The van der Waals surface area contributed by atoms with Gasteiger partial charge in [0.2, 0.25) is 5.56 Å². The third-order valence-electron chi connectivity index (χ3n) is 4.77. The second-order valence-electron chi connectivity index (χ2n) is 6.63. The molecule has 1 aromatic heterocycles. The quantitative estimate of drug-likeness (QED) is 0.858. The lowest BCUT2D eigenvalue weighted by atomic mass is 9.96. The molecule has 0 aliphatic carbocycles. The smallest absolute Gasteiger partial charge is 0.372 e. The van der Waals surface area contributed by atoms with E-state index in [1.54, 1.807) is 0 Å². The fraction of sp³-hybridized carbons (Fsp3) is 0.368. The van der Waals surface area contributed by atoms with Crippen LogP contribution in [-0.4, -0.2) is 30.5 Å². The number of alkyl halides is 3. The molecule has 0 spiro atoms. The van der Waals surface area contributed by atoms with E-state index in [4.69, 9.17) is 0 Å². The predicted octanol–water partition coefficient (Wildman–Crippen LogP) is 3.04. The van der Waals surface area contributed by atoms with Gasteiger partial charge in [-0.2, -0.15) is 13.2 Å². The van der Waals surface area contributed by atoms with Gasteiger partial charge in [-0.15, -0.1) is 0 Å². The summed E-state index contributed by atoms with van der Waals surface area (Å²) >= 11 is 0. The third-order valence-corrected chi connectivity index (χ3v) is 4.77. The maximum absolute atomic E-state index is 12.6. The highest BCUT2D eigenvalue weighted by Crippen LogP contribution is 2.31. The molecule has 0 unspecified atom stereocenters. The van der Waals surface area contributed by atoms with Gasteiger partial charge < -0.3 is 15.2 Å². The molecule has 2 aromatic rings. The summed E-state index contributed by atoms with van der Waals surface area (Å²) in [5, 5.41) is 2.86. The SMILES string of the molecule is O=C(NCC1CCN(c2ccc(C(F)(F)F)cc2)CC1)c1ccc(=O)[nH]c1. The molecule has 2 heterocycles. The minimum Gasteiger partial charge on any atom is -0.372 e. The van der Waals surface area contributed by atoms with Crippen LogP contribution < -0.4 is 15.8 Å². The van der Waals surface area contributed by atoms with Crippen LogP contribution in [-0.2, 0) is 6.18 Å². The number of benzene rings is 1. The van der Waals surface area contributed by atoms with E-state index >= 15 is 0 Å². The summed E-state index contributed by atoms with van der Waals surface area (Å²) in [6.45, 7) is 1.98. The van der Waals surface area contributed by atoms with Crippen LogP contribution in [0.3, 0.4) is 0 Å². The van der Waals surface area contributed by atoms with E-state index in [1.165, 1.54) is 30.5 Å². The Labute approximate surface area is 154 Å². The number of carbonyl (C=O) groups is 1. The van der Waals surface area contributed by atoms with Crippen molar-refractivity contribution in [2.45, 2.75) is 19.0 Å². The molecule has 144 valence electrons. The van der Waals surface area contributed by atoms with Gasteiger partial charge in [-0.3, -0.25) is 9.59 Å². The predicted molar refractivity (Wildman–Crippen MR) is 95.8 cm³/mol. The minimum absolute atomic E-state index is 0.239. The van der Waals surface area contributed by atoms with Crippen molar-refractivity contribution in [1.82, 2.24) is 10.3 Å². The Morgan fingerprint density at radius 1 is 1.11 bits per heavy atom. The van der Waals surface area contributed by atoms with Gasteiger partial charge in [0.05, 0.1) is 11.1 Å². The molecule has 0 saturated carbocycles. The standard InChI is InChI=1S/C19H20F3N3O2/c20-19(21,22)15-2-4-16(5-3-15)25-9-7-13(8-10-25)11-24-18(27)14-1-6-17(26)23-12-14/h1-6,12-13H,7-11H2,(H,23,26)(H,24,27). The molecule has 1 amide bonds. The number of rotatable bonds is 4. The van der Waals surface area contributed by atoms with Crippen molar-refractivity contribution in [2.24, 2.45) is 5.92 Å². The van der Waals surface area contributed by atoms with Crippen LogP contribution in [0.4, 0.5) is 18.9 Å². The van der Waals surface area contributed by atoms with Gasteiger partial charge in [-0.1, -0.05) is 0 Å². The molecule has 1 aromatic carbocycles. The van der Waals surface area contributed by atoms with Crippen molar-refractivity contribution in [3.05, 3.63) is 64.1 Å². The van der Waals surface area contributed by atoms with Crippen molar-refractivity contribution >= 4 is 11.6 Å². The number of hydrogen-bond donors (Lipinski definition) is 2. The molecule has 0 radical (unpaired) electrons. The Morgan fingerprint density at radius 2 is 1.78 bits per heavy atom. The van der Waals surface area contributed by atoms with Crippen molar-refractivity contribution in [3.8, 4) is 0 Å². The van der Waals surface area contributed by atoms with Gasteiger partial charge in [0, 0.05) is 37.6 Å². The number of nitrogens with one attached hydrogen (secondary N) is 2. The highest BCUT2D eigenvalue weighted by Gasteiger charge is 2.30. The van der Waals surface area contributed by atoms with Crippen LogP contribution in [0.1, 0.15) is 28.8 Å². The Balaban J connectivity index is 1.48. The minimum atomic E-state index is -4.32. The fourth-order valence-electron chi connectivity index (χ4n) is 3.15. The van der Waals surface area contributed by atoms with E-state index in [2.05, 4.69) is 15.2 Å². The van der Waals surface area contributed by atoms with E-state index in [0.29, 0.717) is 18.0 Å². The van der Waals surface area contributed by atoms with Crippen molar-refractivity contribution in [3.63, 3.8) is 0 Å². The van der Waals surface area contributed by atoms with Crippen LogP contribution >= 0.6 is 0 Å². The van der Waals surface area contributed by atoms with Crippen LogP contribution in [0.25, 0.3) is 0 Å². The second kappa shape index (κ2) is 7.85. The number of amides is 1. The largest absolute Gasteiger partial charge is 0.416 e. The molecule has 0 bridgehead atoms. The van der Waals surface area contributed by atoms with Crippen molar-refractivity contribution in [1.29, 1.82) is 0 Å². The third kappa shape index (κ3) is 4.90. The van der Waals surface area contributed by atoms with Gasteiger partial charge in [-0.25, -0.2) is 0 Å².